The van der Waals surface area contributed by atoms with Crippen LogP contribution in [0.5, 0.6) is 0 Å². The van der Waals surface area contributed by atoms with Gasteiger partial charge in [-0.25, -0.2) is 13.4 Å². The predicted molar refractivity (Wildman–Crippen MR) is 112 cm³/mol. The summed E-state index contributed by atoms with van der Waals surface area (Å²) in [7, 11) is -3.52. The molecule has 1 aromatic carbocycles. The average molecular weight is 400 g/mol. The number of hydrogen-bond acceptors (Lipinski definition) is 4. The van der Waals surface area contributed by atoms with Crippen molar-refractivity contribution in [3.63, 3.8) is 0 Å². The second-order valence-corrected chi connectivity index (χ2v) is 9.79. The summed E-state index contributed by atoms with van der Waals surface area (Å²) in [5, 5.41) is 0. The summed E-state index contributed by atoms with van der Waals surface area (Å²) in [4.78, 5) is 7.43. The Balaban J connectivity index is 1.68. The van der Waals surface area contributed by atoms with E-state index >= 15 is 0 Å². The average Bonchev–Trinajstić information content (AvgIpc) is 3.05. The van der Waals surface area contributed by atoms with Crippen LogP contribution in [-0.2, 0) is 10.0 Å². The molecule has 0 bridgehead atoms. The number of hydrogen-bond donors (Lipinski definition) is 0. The standard InChI is InChI=1S/C22H29N3O2S/c1-18-10-12-19(13-11-18)28(26,27)25-17-7-9-21(25)20-8-6-14-23-22(20)24-15-4-2-3-5-16-24/h6,8,10-14,21H,2-5,7,9,15-17H2,1H3. The molecule has 2 aromatic rings. The maximum absolute atomic E-state index is 13.4. The quantitative estimate of drug-likeness (QED) is 0.769. The smallest absolute Gasteiger partial charge is 0.243 e. The van der Waals surface area contributed by atoms with Crippen molar-refractivity contribution < 1.29 is 8.42 Å². The molecule has 3 heterocycles. The molecule has 4 rings (SSSR count). The zero-order valence-electron chi connectivity index (χ0n) is 16.5. The van der Waals surface area contributed by atoms with Gasteiger partial charge in [0, 0.05) is 31.4 Å². The fourth-order valence-electron chi connectivity index (χ4n) is 4.40. The SMILES string of the molecule is Cc1ccc(S(=O)(=O)N2CCCC2c2cccnc2N2CCCCCC2)cc1. The minimum atomic E-state index is -3.52. The molecule has 0 N–H and O–H groups in total. The molecule has 0 aliphatic carbocycles. The third kappa shape index (κ3) is 3.80. The van der Waals surface area contributed by atoms with Crippen molar-refractivity contribution in [2.75, 3.05) is 24.5 Å². The van der Waals surface area contributed by atoms with E-state index in [-0.39, 0.29) is 6.04 Å². The molecule has 150 valence electrons. The van der Waals surface area contributed by atoms with E-state index in [1.54, 1.807) is 16.4 Å². The van der Waals surface area contributed by atoms with Gasteiger partial charge < -0.3 is 4.90 Å². The highest BCUT2D eigenvalue weighted by Gasteiger charge is 2.38. The van der Waals surface area contributed by atoms with Crippen molar-refractivity contribution in [1.29, 1.82) is 0 Å². The first-order chi connectivity index (χ1) is 13.6. The lowest BCUT2D eigenvalue weighted by molar-refractivity contribution is 0.396. The summed E-state index contributed by atoms with van der Waals surface area (Å²) in [6, 6.07) is 11.0. The van der Waals surface area contributed by atoms with Crippen LogP contribution < -0.4 is 4.90 Å². The number of aromatic nitrogens is 1. The Morgan fingerprint density at radius 3 is 2.36 bits per heavy atom. The van der Waals surface area contributed by atoms with Crippen LogP contribution in [0, 0.1) is 6.92 Å². The van der Waals surface area contributed by atoms with E-state index in [2.05, 4.69) is 11.0 Å². The Morgan fingerprint density at radius 2 is 1.64 bits per heavy atom. The van der Waals surface area contributed by atoms with Crippen molar-refractivity contribution in [2.24, 2.45) is 0 Å². The van der Waals surface area contributed by atoms with E-state index in [0.29, 0.717) is 11.4 Å². The lowest BCUT2D eigenvalue weighted by Crippen LogP contribution is -2.33. The number of anilines is 1. The van der Waals surface area contributed by atoms with Gasteiger partial charge in [-0.2, -0.15) is 4.31 Å². The van der Waals surface area contributed by atoms with Gasteiger partial charge in [-0.05, 0) is 50.8 Å². The molecule has 0 amide bonds. The third-order valence-corrected chi connectivity index (χ3v) is 7.84. The van der Waals surface area contributed by atoms with Crippen molar-refractivity contribution in [3.05, 3.63) is 53.7 Å². The highest BCUT2D eigenvalue weighted by molar-refractivity contribution is 7.89. The van der Waals surface area contributed by atoms with Crippen LogP contribution in [0.25, 0.3) is 0 Å². The van der Waals surface area contributed by atoms with Gasteiger partial charge in [-0.3, -0.25) is 0 Å². The Hall–Kier alpha value is -1.92. The van der Waals surface area contributed by atoms with Gasteiger partial charge >= 0.3 is 0 Å². The number of sulfonamides is 1. The molecule has 1 aromatic heterocycles. The van der Waals surface area contributed by atoms with Gasteiger partial charge in [0.1, 0.15) is 5.82 Å². The van der Waals surface area contributed by atoms with E-state index in [1.807, 2.05) is 31.3 Å². The molecule has 0 spiro atoms. The van der Waals surface area contributed by atoms with Gasteiger partial charge in [0.2, 0.25) is 10.0 Å². The molecule has 5 nitrogen and oxygen atoms in total. The van der Waals surface area contributed by atoms with Crippen molar-refractivity contribution in [1.82, 2.24) is 9.29 Å². The second kappa shape index (κ2) is 8.21. The van der Waals surface area contributed by atoms with Crippen LogP contribution in [0.15, 0.2) is 47.5 Å². The van der Waals surface area contributed by atoms with Gasteiger partial charge in [-0.1, -0.05) is 36.6 Å². The predicted octanol–water partition coefficient (Wildman–Crippen LogP) is 4.30. The van der Waals surface area contributed by atoms with E-state index in [1.165, 1.54) is 25.7 Å². The van der Waals surface area contributed by atoms with Crippen molar-refractivity contribution >= 4 is 15.8 Å². The van der Waals surface area contributed by atoms with Gasteiger partial charge in [0.15, 0.2) is 0 Å². The summed E-state index contributed by atoms with van der Waals surface area (Å²) in [5.41, 5.74) is 2.12. The van der Waals surface area contributed by atoms with Crippen molar-refractivity contribution in [3.8, 4) is 0 Å². The molecule has 2 saturated heterocycles. The summed E-state index contributed by atoms with van der Waals surface area (Å²) < 4.78 is 28.4. The highest BCUT2D eigenvalue weighted by Crippen LogP contribution is 2.40. The van der Waals surface area contributed by atoms with Gasteiger partial charge in [-0.15, -0.1) is 0 Å². The fourth-order valence-corrected chi connectivity index (χ4v) is 6.07. The Bertz CT molecular complexity index is 904. The molecule has 0 radical (unpaired) electrons. The monoisotopic (exact) mass is 399 g/mol. The van der Waals surface area contributed by atoms with E-state index in [4.69, 9.17) is 4.98 Å². The molecule has 1 atom stereocenters. The van der Waals surface area contributed by atoms with E-state index < -0.39 is 10.0 Å². The number of aryl methyl sites for hydroxylation is 1. The zero-order valence-corrected chi connectivity index (χ0v) is 17.4. The van der Waals surface area contributed by atoms with Crippen LogP contribution in [0.3, 0.4) is 0 Å². The maximum atomic E-state index is 13.4. The molecular weight excluding hydrogens is 370 g/mol. The summed E-state index contributed by atoms with van der Waals surface area (Å²) in [6.07, 6.45) is 8.42. The first-order valence-electron chi connectivity index (χ1n) is 10.4. The molecule has 1 unspecified atom stereocenters. The maximum Gasteiger partial charge on any atom is 0.243 e. The van der Waals surface area contributed by atoms with Crippen molar-refractivity contribution in [2.45, 2.75) is 56.4 Å². The Labute approximate surface area is 168 Å². The second-order valence-electron chi connectivity index (χ2n) is 7.90. The lowest BCUT2D eigenvalue weighted by atomic mass is 10.1. The van der Waals surface area contributed by atoms with Crippen LogP contribution in [0.4, 0.5) is 5.82 Å². The molecular formula is C22H29N3O2S. The number of pyridine rings is 1. The topological polar surface area (TPSA) is 53.5 Å². The van der Waals surface area contributed by atoms with Crippen LogP contribution in [0.2, 0.25) is 0 Å². The number of nitrogens with zero attached hydrogens (tertiary/aromatic N) is 3. The van der Waals surface area contributed by atoms with Gasteiger partial charge in [0.05, 0.1) is 10.9 Å². The highest BCUT2D eigenvalue weighted by atomic mass is 32.2. The molecule has 2 aliphatic rings. The minimum Gasteiger partial charge on any atom is -0.356 e. The minimum absolute atomic E-state index is 0.141. The molecule has 2 fully saturated rings. The lowest BCUT2D eigenvalue weighted by Gasteiger charge is -2.30. The fraction of sp³-hybridized carbons (Fsp3) is 0.500. The van der Waals surface area contributed by atoms with Crippen LogP contribution in [-0.4, -0.2) is 37.3 Å². The summed E-state index contributed by atoms with van der Waals surface area (Å²) in [6.45, 7) is 4.54. The molecule has 2 aliphatic heterocycles. The number of rotatable bonds is 4. The Kier molecular flexibility index (Phi) is 5.69. The molecule has 6 heteroatoms. The normalized spacial score (nSPS) is 21.6. The molecule has 28 heavy (non-hydrogen) atoms. The van der Waals surface area contributed by atoms with E-state index in [0.717, 1.165) is 42.9 Å². The third-order valence-electron chi connectivity index (χ3n) is 5.91. The largest absolute Gasteiger partial charge is 0.356 e. The summed E-state index contributed by atoms with van der Waals surface area (Å²) in [5.74, 6) is 0.973. The Morgan fingerprint density at radius 1 is 0.929 bits per heavy atom. The summed E-state index contributed by atoms with van der Waals surface area (Å²) >= 11 is 0. The van der Waals surface area contributed by atoms with Gasteiger partial charge in [0.25, 0.3) is 0 Å². The first kappa shape index (κ1) is 19.4. The number of benzene rings is 1. The van der Waals surface area contributed by atoms with Crippen LogP contribution in [0.1, 0.15) is 55.7 Å². The van der Waals surface area contributed by atoms with Crippen LogP contribution >= 0.6 is 0 Å². The molecule has 0 saturated carbocycles. The zero-order chi connectivity index (χ0) is 19.6. The van der Waals surface area contributed by atoms with E-state index in [9.17, 15) is 8.42 Å². The first-order valence-corrected chi connectivity index (χ1v) is 11.8.